The minimum absolute atomic E-state index is 0.133. The fourth-order valence-electron chi connectivity index (χ4n) is 2.40. The van der Waals surface area contributed by atoms with Gasteiger partial charge in [-0.2, -0.15) is 0 Å². The van der Waals surface area contributed by atoms with E-state index in [2.05, 4.69) is 0 Å². The van der Waals surface area contributed by atoms with Crippen LogP contribution in [0.4, 0.5) is 10.1 Å². The SMILES string of the molecule is NC(=O)C1CCCN(Cc2c(N)cccc2F)C1. The van der Waals surface area contributed by atoms with Gasteiger partial charge in [0.25, 0.3) is 0 Å². The molecule has 4 nitrogen and oxygen atoms in total. The first kappa shape index (κ1) is 12.8. The lowest BCUT2D eigenvalue weighted by molar-refractivity contribution is -0.123. The zero-order valence-corrected chi connectivity index (χ0v) is 10.2. The number of hydrogen-bond acceptors (Lipinski definition) is 3. The number of primary amides is 1. The molecule has 0 aromatic heterocycles. The molecule has 1 fully saturated rings. The molecule has 18 heavy (non-hydrogen) atoms. The Balaban J connectivity index is 2.07. The van der Waals surface area contributed by atoms with E-state index in [-0.39, 0.29) is 17.6 Å². The van der Waals surface area contributed by atoms with Gasteiger partial charge in [-0.25, -0.2) is 4.39 Å². The van der Waals surface area contributed by atoms with Crippen molar-refractivity contribution in [2.45, 2.75) is 19.4 Å². The van der Waals surface area contributed by atoms with E-state index in [1.807, 2.05) is 4.90 Å². The number of nitrogen functional groups attached to an aromatic ring is 1. The van der Waals surface area contributed by atoms with Gasteiger partial charge in [0, 0.05) is 24.3 Å². The fraction of sp³-hybridized carbons (Fsp3) is 0.462. The van der Waals surface area contributed by atoms with E-state index in [4.69, 9.17) is 11.5 Å². The van der Waals surface area contributed by atoms with Gasteiger partial charge in [-0.05, 0) is 31.5 Å². The summed E-state index contributed by atoms with van der Waals surface area (Å²) in [4.78, 5) is 13.2. The van der Waals surface area contributed by atoms with Gasteiger partial charge in [0.1, 0.15) is 5.82 Å². The summed E-state index contributed by atoms with van der Waals surface area (Å²) in [5.74, 6) is -0.704. The molecule has 1 aliphatic rings. The first-order chi connectivity index (χ1) is 8.58. The molecule has 1 saturated heterocycles. The van der Waals surface area contributed by atoms with Crippen LogP contribution in [0.1, 0.15) is 18.4 Å². The van der Waals surface area contributed by atoms with Crippen LogP contribution in [0, 0.1) is 11.7 Å². The largest absolute Gasteiger partial charge is 0.398 e. The second kappa shape index (κ2) is 5.35. The summed E-state index contributed by atoms with van der Waals surface area (Å²) >= 11 is 0. The van der Waals surface area contributed by atoms with Gasteiger partial charge in [0.15, 0.2) is 0 Å². The number of rotatable bonds is 3. The molecule has 4 N–H and O–H groups in total. The maximum absolute atomic E-state index is 13.7. The number of benzene rings is 1. The average molecular weight is 251 g/mol. The second-order valence-corrected chi connectivity index (χ2v) is 4.78. The zero-order chi connectivity index (χ0) is 13.1. The Morgan fingerprint density at radius 2 is 2.28 bits per heavy atom. The lowest BCUT2D eigenvalue weighted by atomic mass is 9.97. The molecule has 1 aliphatic heterocycles. The molecular weight excluding hydrogens is 233 g/mol. The van der Waals surface area contributed by atoms with E-state index in [1.165, 1.54) is 6.07 Å². The normalized spacial score (nSPS) is 20.8. The van der Waals surface area contributed by atoms with Crippen molar-refractivity contribution in [3.05, 3.63) is 29.6 Å². The van der Waals surface area contributed by atoms with E-state index in [9.17, 15) is 9.18 Å². The molecule has 1 atom stereocenters. The number of nitrogens with zero attached hydrogens (tertiary/aromatic N) is 1. The maximum atomic E-state index is 13.7. The van der Waals surface area contributed by atoms with Crippen LogP contribution < -0.4 is 11.5 Å². The molecule has 1 heterocycles. The third kappa shape index (κ3) is 2.79. The van der Waals surface area contributed by atoms with Crippen molar-refractivity contribution in [1.82, 2.24) is 4.90 Å². The molecule has 98 valence electrons. The molecule has 5 heteroatoms. The van der Waals surface area contributed by atoms with Gasteiger partial charge in [-0.1, -0.05) is 6.07 Å². The first-order valence-corrected chi connectivity index (χ1v) is 6.12. The van der Waals surface area contributed by atoms with Crippen LogP contribution in [0.5, 0.6) is 0 Å². The molecule has 1 amide bonds. The Morgan fingerprint density at radius 1 is 1.50 bits per heavy atom. The second-order valence-electron chi connectivity index (χ2n) is 4.78. The van der Waals surface area contributed by atoms with E-state index in [0.717, 1.165) is 19.4 Å². The summed E-state index contributed by atoms with van der Waals surface area (Å²) in [6.07, 6.45) is 1.72. The summed E-state index contributed by atoms with van der Waals surface area (Å²) < 4.78 is 13.7. The number of likely N-dealkylation sites (tertiary alicyclic amines) is 1. The van der Waals surface area contributed by atoms with Gasteiger partial charge < -0.3 is 11.5 Å². The fourth-order valence-corrected chi connectivity index (χ4v) is 2.40. The van der Waals surface area contributed by atoms with Crippen molar-refractivity contribution in [2.75, 3.05) is 18.8 Å². The minimum Gasteiger partial charge on any atom is -0.398 e. The van der Waals surface area contributed by atoms with Crippen molar-refractivity contribution in [1.29, 1.82) is 0 Å². The van der Waals surface area contributed by atoms with E-state index in [1.54, 1.807) is 12.1 Å². The number of piperidine rings is 1. The van der Waals surface area contributed by atoms with Crippen LogP contribution in [0.3, 0.4) is 0 Å². The van der Waals surface area contributed by atoms with Crippen LogP contribution in [-0.4, -0.2) is 23.9 Å². The monoisotopic (exact) mass is 251 g/mol. The maximum Gasteiger partial charge on any atom is 0.221 e. The molecule has 1 aromatic rings. The molecule has 0 radical (unpaired) electrons. The molecule has 1 unspecified atom stereocenters. The standard InChI is InChI=1S/C13H18FN3O/c14-11-4-1-5-12(15)10(11)8-17-6-2-3-9(7-17)13(16)18/h1,4-5,9H,2-3,6-8,15H2,(H2,16,18). The highest BCUT2D eigenvalue weighted by Gasteiger charge is 2.24. The number of hydrogen-bond donors (Lipinski definition) is 2. The van der Waals surface area contributed by atoms with Gasteiger partial charge in [0.2, 0.25) is 5.91 Å². The molecule has 0 saturated carbocycles. The van der Waals surface area contributed by atoms with E-state index in [0.29, 0.717) is 24.3 Å². The lowest BCUT2D eigenvalue weighted by Crippen LogP contribution is -2.40. The highest BCUT2D eigenvalue weighted by molar-refractivity contribution is 5.76. The molecule has 0 bridgehead atoms. The molecule has 2 rings (SSSR count). The van der Waals surface area contributed by atoms with Gasteiger partial charge >= 0.3 is 0 Å². The summed E-state index contributed by atoms with van der Waals surface area (Å²) in [5.41, 5.74) is 12.1. The molecular formula is C13H18FN3O. The van der Waals surface area contributed by atoms with Gasteiger partial charge in [-0.15, -0.1) is 0 Å². The Kier molecular flexibility index (Phi) is 3.81. The van der Waals surface area contributed by atoms with E-state index < -0.39 is 0 Å². The number of carbonyl (C=O) groups is 1. The summed E-state index contributed by atoms with van der Waals surface area (Å²) in [5, 5.41) is 0. The Hall–Kier alpha value is -1.62. The number of carbonyl (C=O) groups excluding carboxylic acids is 1. The highest BCUT2D eigenvalue weighted by Crippen LogP contribution is 2.22. The van der Waals surface area contributed by atoms with Crippen LogP contribution in [0.2, 0.25) is 0 Å². The first-order valence-electron chi connectivity index (χ1n) is 6.12. The van der Waals surface area contributed by atoms with Crippen LogP contribution in [0.25, 0.3) is 0 Å². The predicted octanol–water partition coefficient (Wildman–Crippen LogP) is 1.11. The molecule has 0 spiro atoms. The lowest BCUT2D eigenvalue weighted by Gasteiger charge is -2.31. The Labute approximate surface area is 106 Å². The molecule has 0 aliphatic carbocycles. The quantitative estimate of drug-likeness (QED) is 0.790. The number of nitrogens with two attached hydrogens (primary N) is 2. The number of amides is 1. The van der Waals surface area contributed by atoms with Crippen molar-refractivity contribution in [2.24, 2.45) is 11.7 Å². The molecule has 1 aromatic carbocycles. The smallest absolute Gasteiger partial charge is 0.221 e. The van der Waals surface area contributed by atoms with Crippen molar-refractivity contribution < 1.29 is 9.18 Å². The summed E-state index contributed by atoms with van der Waals surface area (Å²) in [7, 11) is 0. The van der Waals surface area contributed by atoms with Crippen LogP contribution in [0.15, 0.2) is 18.2 Å². The third-order valence-electron chi connectivity index (χ3n) is 3.44. The Bertz CT molecular complexity index is 430. The van der Waals surface area contributed by atoms with Crippen molar-refractivity contribution >= 4 is 11.6 Å². The highest BCUT2D eigenvalue weighted by atomic mass is 19.1. The predicted molar refractivity (Wildman–Crippen MR) is 68.0 cm³/mol. The topological polar surface area (TPSA) is 72.4 Å². The number of anilines is 1. The third-order valence-corrected chi connectivity index (χ3v) is 3.44. The average Bonchev–Trinajstić information content (AvgIpc) is 2.34. The Morgan fingerprint density at radius 3 is 2.94 bits per heavy atom. The van der Waals surface area contributed by atoms with Crippen LogP contribution in [-0.2, 0) is 11.3 Å². The number of halogens is 1. The van der Waals surface area contributed by atoms with Gasteiger partial charge in [0.05, 0.1) is 5.92 Å². The van der Waals surface area contributed by atoms with Crippen molar-refractivity contribution in [3.8, 4) is 0 Å². The zero-order valence-electron chi connectivity index (χ0n) is 10.2. The van der Waals surface area contributed by atoms with E-state index >= 15 is 0 Å². The summed E-state index contributed by atoms with van der Waals surface area (Å²) in [6, 6.07) is 4.69. The van der Waals surface area contributed by atoms with Crippen LogP contribution >= 0.6 is 0 Å². The van der Waals surface area contributed by atoms with Gasteiger partial charge in [-0.3, -0.25) is 9.69 Å². The minimum atomic E-state index is -0.295. The van der Waals surface area contributed by atoms with Crippen molar-refractivity contribution in [3.63, 3.8) is 0 Å². The summed E-state index contributed by atoms with van der Waals surface area (Å²) in [6.45, 7) is 1.86.